The van der Waals surface area contributed by atoms with Crippen molar-refractivity contribution in [3.8, 4) is 5.75 Å². The molecular formula is C19H19ClN4O2S. The van der Waals surface area contributed by atoms with E-state index in [1.54, 1.807) is 19.4 Å². The standard InChI is InChI=1S/C19H19ClN4O2S/c1-26-15-6-2-12(3-7-15)10-24(14-4-5-14)17(25)11-27-19-22-16-8-13(20)9-21-18(16)23-19/h2-3,6-9,14H,4-5,10-11H2,1H3,(H,21,22,23). The Balaban J connectivity index is 1.40. The fourth-order valence-corrected chi connectivity index (χ4v) is 3.79. The number of pyridine rings is 1. The Labute approximate surface area is 166 Å². The molecular weight excluding hydrogens is 384 g/mol. The second kappa shape index (κ2) is 7.78. The first-order chi connectivity index (χ1) is 13.1. The Hall–Kier alpha value is -2.25. The van der Waals surface area contributed by atoms with Crippen molar-refractivity contribution in [2.45, 2.75) is 30.6 Å². The number of halogens is 1. The highest BCUT2D eigenvalue weighted by Crippen LogP contribution is 2.30. The van der Waals surface area contributed by atoms with Crippen LogP contribution in [0.15, 0.2) is 41.7 Å². The fraction of sp³-hybridized carbons (Fsp3) is 0.316. The molecule has 6 nitrogen and oxygen atoms in total. The molecule has 1 aliphatic rings. The van der Waals surface area contributed by atoms with E-state index in [0.717, 1.165) is 29.7 Å². The average molecular weight is 403 g/mol. The molecule has 1 aromatic carbocycles. The lowest BCUT2D eigenvalue weighted by atomic mass is 10.2. The molecule has 0 atom stereocenters. The molecule has 0 radical (unpaired) electrons. The lowest BCUT2D eigenvalue weighted by Crippen LogP contribution is -2.34. The number of nitrogens with zero attached hydrogens (tertiary/aromatic N) is 3. The Morgan fingerprint density at radius 3 is 2.85 bits per heavy atom. The Morgan fingerprint density at radius 2 is 2.15 bits per heavy atom. The molecule has 27 heavy (non-hydrogen) atoms. The molecule has 2 aromatic heterocycles. The molecule has 0 bridgehead atoms. The van der Waals surface area contributed by atoms with Crippen molar-refractivity contribution in [2.24, 2.45) is 0 Å². The molecule has 1 fully saturated rings. The van der Waals surface area contributed by atoms with Crippen LogP contribution in [0.3, 0.4) is 0 Å². The van der Waals surface area contributed by atoms with Crippen molar-refractivity contribution in [2.75, 3.05) is 12.9 Å². The molecule has 0 aliphatic heterocycles. The van der Waals surface area contributed by atoms with E-state index < -0.39 is 0 Å². The summed E-state index contributed by atoms with van der Waals surface area (Å²) >= 11 is 7.34. The Kier molecular flexibility index (Phi) is 5.22. The van der Waals surface area contributed by atoms with Crippen molar-refractivity contribution in [1.29, 1.82) is 0 Å². The van der Waals surface area contributed by atoms with E-state index in [2.05, 4.69) is 15.0 Å². The van der Waals surface area contributed by atoms with Crippen LogP contribution in [-0.2, 0) is 11.3 Å². The number of amides is 1. The molecule has 8 heteroatoms. The number of benzene rings is 1. The van der Waals surface area contributed by atoms with Crippen molar-refractivity contribution in [3.63, 3.8) is 0 Å². The zero-order valence-corrected chi connectivity index (χ0v) is 16.4. The molecule has 4 rings (SSSR count). The number of imidazole rings is 1. The van der Waals surface area contributed by atoms with Crippen LogP contribution >= 0.6 is 23.4 Å². The number of fused-ring (bicyclic) bond motifs is 1. The topological polar surface area (TPSA) is 71.1 Å². The van der Waals surface area contributed by atoms with Crippen LogP contribution in [-0.4, -0.2) is 44.7 Å². The summed E-state index contributed by atoms with van der Waals surface area (Å²) in [7, 11) is 1.65. The molecule has 0 spiro atoms. The van der Waals surface area contributed by atoms with E-state index in [0.29, 0.717) is 34.2 Å². The third-order valence-corrected chi connectivity index (χ3v) is 5.50. The lowest BCUT2D eigenvalue weighted by Gasteiger charge is -2.22. The van der Waals surface area contributed by atoms with E-state index in [1.165, 1.54) is 11.8 Å². The molecule has 1 aliphatic carbocycles. The number of ether oxygens (including phenoxy) is 1. The molecule has 3 aromatic rings. The number of H-pyrrole nitrogens is 1. The molecule has 1 amide bonds. The van der Waals surface area contributed by atoms with Gasteiger partial charge in [0.25, 0.3) is 0 Å². The van der Waals surface area contributed by atoms with Crippen molar-refractivity contribution >= 4 is 40.4 Å². The van der Waals surface area contributed by atoms with Crippen molar-refractivity contribution < 1.29 is 9.53 Å². The minimum Gasteiger partial charge on any atom is -0.497 e. The fourth-order valence-electron chi connectivity index (χ4n) is 2.87. The van der Waals surface area contributed by atoms with Crippen LogP contribution in [0.4, 0.5) is 0 Å². The number of aromatic nitrogens is 3. The van der Waals surface area contributed by atoms with E-state index in [-0.39, 0.29) is 5.91 Å². The van der Waals surface area contributed by atoms with Gasteiger partial charge in [0.1, 0.15) is 5.75 Å². The van der Waals surface area contributed by atoms with E-state index >= 15 is 0 Å². The normalized spacial score (nSPS) is 13.7. The number of nitrogens with one attached hydrogen (secondary N) is 1. The number of hydrogen-bond acceptors (Lipinski definition) is 5. The van der Waals surface area contributed by atoms with Crippen LogP contribution in [0.2, 0.25) is 5.02 Å². The molecule has 2 heterocycles. The first-order valence-electron chi connectivity index (χ1n) is 8.69. The average Bonchev–Trinajstić information content (AvgIpc) is 3.44. The van der Waals surface area contributed by atoms with E-state index in [4.69, 9.17) is 16.3 Å². The van der Waals surface area contributed by atoms with Gasteiger partial charge in [-0.25, -0.2) is 9.97 Å². The highest BCUT2D eigenvalue weighted by Gasteiger charge is 2.32. The quantitative estimate of drug-likeness (QED) is 0.607. The van der Waals surface area contributed by atoms with E-state index in [9.17, 15) is 4.79 Å². The SMILES string of the molecule is COc1ccc(CN(C(=O)CSc2nc3ncc(Cl)cc3[nH]2)C2CC2)cc1. The van der Waals surface area contributed by atoms with Gasteiger partial charge in [-0.15, -0.1) is 0 Å². The summed E-state index contributed by atoms with van der Waals surface area (Å²) in [6, 6.07) is 9.98. The van der Waals surface area contributed by atoms with Gasteiger partial charge in [0.2, 0.25) is 5.91 Å². The number of thioether (sulfide) groups is 1. The maximum atomic E-state index is 12.8. The summed E-state index contributed by atoms with van der Waals surface area (Å²) < 4.78 is 5.19. The maximum Gasteiger partial charge on any atom is 0.233 e. The van der Waals surface area contributed by atoms with Gasteiger partial charge >= 0.3 is 0 Å². The highest BCUT2D eigenvalue weighted by atomic mass is 35.5. The number of carbonyl (C=O) groups is 1. The van der Waals surface area contributed by atoms with Crippen molar-refractivity contribution in [3.05, 3.63) is 47.1 Å². The number of carbonyl (C=O) groups excluding carboxylic acids is 1. The molecule has 0 saturated heterocycles. The van der Waals surface area contributed by atoms with Crippen LogP contribution in [0.5, 0.6) is 5.75 Å². The molecule has 140 valence electrons. The van der Waals surface area contributed by atoms with Crippen LogP contribution in [0, 0.1) is 0 Å². The van der Waals surface area contributed by atoms with Gasteiger partial charge in [-0.1, -0.05) is 35.5 Å². The largest absolute Gasteiger partial charge is 0.497 e. The minimum atomic E-state index is 0.116. The number of aromatic amines is 1. The van der Waals surface area contributed by atoms with E-state index in [1.807, 2.05) is 29.2 Å². The third-order valence-electron chi connectivity index (χ3n) is 4.43. The summed E-state index contributed by atoms with van der Waals surface area (Å²) in [6.07, 6.45) is 3.70. The predicted molar refractivity (Wildman–Crippen MR) is 106 cm³/mol. The van der Waals surface area contributed by atoms with Gasteiger partial charge in [-0.2, -0.15) is 0 Å². The van der Waals surface area contributed by atoms with Crippen LogP contribution in [0.1, 0.15) is 18.4 Å². The van der Waals surface area contributed by atoms with Crippen LogP contribution < -0.4 is 4.74 Å². The number of hydrogen-bond donors (Lipinski definition) is 1. The second-order valence-corrected chi connectivity index (χ2v) is 7.86. The Morgan fingerprint density at radius 1 is 1.37 bits per heavy atom. The summed E-state index contributed by atoms with van der Waals surface area (Å²) in [5.74, 6) is 1.27. The summed E-state index contributed by atoms with van der Waals surface area (Å²) in [5.41, 5.74) is 2.48. The van der Waals surface area contributed by atoms with Gasteiger partial charge in [-0.3, -0.25) is 4.79 Å². The monoisotopic (exact) mass is 402 g/mol. The maximum absolute atomic E-state index is 12.8. The zero-order chi connectivity index (χ0) is 18.8. The lowest BCUT2D eigenvalue weighted by molar-refractivity contribution is -0.129. The van der Waals surface area contributed by atoms with Crippen molar-refractivity contribution in [1.82, 2.24) is 19.9 Å². The highest BCUT2D eigenvalue weighted by molar-refractivity contribution is 7.99. The van der Waals surface area contributed by atoms with Gasteiger partial charge in [0.05, 0.1) is 23.4 Å². The smallest absolute Gasteiger partial charge is 0.233 e. The number of rotatable bonds is 7. The molecule has 0 unspecified atom stereocenters. The zero-order valence-electron chi connectivity index (χ0n) is 14.8. The minimum absolute atomic E-state index is 0.116. The Bertz CT molecular complexity index is 956. The summed E-state index contributed by atoms with van der Waals surface area (Å²) in [4.78, 5) is 26.5. The van der Waals surface area contributed by atoms with Crippen LogP contribution in [0.25, 0.3) is 11.2 Å². The first kappa shape index (κ1) is 18.1. The van der Waals surface area contributed by atoms with Gasteiger partial charge in [0.15, 0.2) is 10.8 Å². The predicted octanol–water partition coefficient (Wildman–Crippen LogP) is 3.90. The summed E-state index contributed by atoms with van der Waals surface area (Å²) in [6.45, 7) is 0.616. The van der Waals surface area contributed by atoms with Gasteiger partial charge in [0, 0.05) is 18.8 Å². The molecule has 1 saturated carbocycles. The summed E-state index contributed by atoms with van der Waals surface area (Å²) in [5, 5.41) is 1.23. The number of methoxy groups -OCH3 is 1. The molecule has 1 N–H and O–H groups in total. The third kappa shape index (κ3) is 4.36. The van der Waals surface area contributed by atoms with Gasteiger partial charge in [-0.05, 0) is 36.6 Å². The van der Waals surface area contributed by atoms with Gasteiger partial charge < -0.3 is 14.6 Å². The second-order valence-electron chi connectivity index (χ2n) is 6.46. The first-order valence-corrected chi connectivity index (χ1v) is 10.0.